The summed E-state index contributed by atoms with van der Waals surface area (Å²) in [5.41, 5.74) is 0. The van der Waals surface area contributed by atoms with E-state index in [9.17, 15) is 0 Å². The number of nitrogens with one attached hydrogen (secondary N) is 1. The van der Waals surface area contributed by atoms with Crippen LogP contribution in [0.1, 0.15) is 58.3 Å². The van der Waals surface area contributed by atoms with Crippen LogP contribution in [0.3, 0.4) is 0 Å². The molecule has 1 heterocycles. The molecule has 0 aromatic heterocycles. The highest BCUT2D eigenvalue weighted by Gasteiger charge is 2.34. The van der Waals surface area contributed by atoms with Crippen LogP contribution in [0.4, 0.5) is 0 Å². The lowest BCUT2D eigenvalue weighted by atomic mass is 9.84. The second kappa shape index (κ2) is 5.92. The molecule has 0 aromatic carbocycles. The van der Waals surface area contributed by atoms with E-state index in [4.69, 9.17) is 0 Å². The van der Waals surface area contributed by atoms with Gasteiger partial charge in [0.05, 0.1) is 0 Å². The van der Waals surface area contributed by atoms with Gasteiger partial charge in [0.15, 0.2) is 0 Å². The molecule has 1 saturated heterocycles. The van der Waals surface area contributed by atoms with Crippen LogP contribution in [-0.2, 0) is 0 Å². The molecule has 2 nitrogen and oxygen atoms in total. The van der Waals surface area contributed by atoms with Crippen LogP contribution < -0.4 is 5.32 Å². The summed E-state index contributed by atoms with van der Waals surface area (Å²) in [6, 6.07) is 1.73. The minimum Gasteiger partial charge on any atom is -0.314 e. The summed E-state index contributed by atoms with van der Waals surface area (Å²) in [4.78, 5) is 2.73. The highest BCUT2D eigenvalue weighted by molar-refractivity contribution is 4.90. The van der Waals surface area contributed by atoms with Crippen molar-refractivity contribution in [1.29, 1.82) is 0 Å². The molecule has 2 saturated carbocycles. The van der Waals surface area contributed by atoms with E-state index in [1.165, 1.54) is 71.0 Å². The molecule has 0 amide bonds. The SMILES string of the molecule is CC(NCC1CCN(C2CC2)C1)C1CCCCC1. The van der Waals surface area contributed by atoms with E-state index in [1.54, 1.807) is 0 Å². The van der Waals surface area contributed by atoms with Crippen molar-refractivity contribution < 1.29 is 0 Å². The fourth-order valence-corrected chi connectivity index (χ4v) is 3.95. The maximum Gasteiger partial charge on any atom is 0.00965 e. The van der Waals surface area contributed by atoms with E-state index in [1.807, 2.05) is 0 Å². The van der Waals surface area contributed by atoms with Crippen molar-refractivity contribution in [2.75, 3.05) is 19.6 Å². The Morgan fingerprint density at radius 2 is 1.83 bits per heavy atom. The van der Waals surface area contributed by atoms with Gasteiger partial charge >= 0.3 is 0 Å². The quantitative estimate of drug-likeness (QED) is 0.807. The van der Waals surface area contributed by atoms with Crippen molar-refractivity contribution in [3.8, 4) is 0 Å². The minimum atomic E-state index is 0.750. The van der Waals surface area contributed by atoms with Gasteiger partial charge in [-0.1, -0.05) is 19.3 Å². The van der Waals surface area contributed by atoms with E-state index in [2.05, 4.69) is 17.1 Å². The number of likely N-dealkylation sites (tertiary alicyclic amines) is 1. The van der Waals surface area contributed by atoms with Crippen LogP contribution in [0.2, 0.25) is 0 Å². The first-order chi connectivity index (χ1) is 8.83. The van der Waals surface area contributed by atoms with Gasteiger partial charge < -0.3 is 10.2 Å². The van der Waals surface area contributed by atoms with Crippen molar-refractivity contribution in [1.82, 2.24) is 10.2 Å². The zero-order valence-electron chi connectivity index (χ0n) is 12.0. The van der Waals surface area contributed by atoms with Crippen molar-refractivity contribution in [2.24, 2.45) is 11.8 Å². The third-order valence-electron chi connectivity index (χ3n) is 5.47. The Balaban J connectivity index is 1.35. The van der Waals surface area contributed by atoms with E-state index < -0.39 is 0 Å². The predicted octanol–water partition coefficient (Wildman–Crippen LogP) is 3.03. The molecule has 2 heteroatoms. The first-order valence-electron chi connectivity index (χ1n) is 8.30. The fraction of sp³-hybridized carbons (Fsp3) is 1.00. The second-order valence-corrected chi connectivity index (χ2v) is 6.98. The van der Waals surface area contributed by atoms with Crippen LogP contribution in [-0.4, -0.2) is 36.6 Å². The van der Waals surface area contributed by atoms with Gasteiger partial charge in [0.1, 0.15) is 0 Å². The van der Waals surface area contributed by atoms with Crippen LogP contribution in [0.25, 0.3) is 0 Å². The largest absolute Gasteiger partial charge is 0.314 e. The summed E-state index contributed by atoms with van der Waals surface area (Å²) >= 11 is 0. The Morgan fingerprint density at radius 3 is 2.56 bits per heavy atom. The van der Waals surface area contributed by atoms with Crippen LogP contribution in [0.5, 0.6) is 0 Å². The molecule has 3 rings (SSSR count). The fourth-order valence-electron chi connectivity index (χ4n) is 3.95. The molecule has 2 aliphatic carbocycles. The van der Waals surface area contributed by atoms with E-state index in [0.717, 1.165) is 23.9 Å². The molecule has 104 valence electrons. The lowest BCUT2D eigenvalue weighted by Crippen LogP contribution is -2.38. The first-order valence-corrected chi connectivity index (χ1v) is 8.30. The lowest BCUT2D eigenvalue weighted by Gasteiger charge is -2.29. The van der Waals surface area contributed by atoms with Crippen molar-refractivity contribution in [3.05, 3.63) is 0 Å². The maximum atomic E-state index is 3.85. The monoisotopic (exact) mass is 250 g/mol. The van der Waals surface area contributed by atoms with Gasteiger partial charge in [-0.2, -0.15) is 0 Å². The molecule has 3 fully saturated rings. The Bertz CT molecular complexity index is 256. The van der Waals surface area contributed by atoms with Gasteiger partial charge in [-0.3, -0.25) is 0 Å². The smallest absolute Gasteiger partial charge is 0.00965 e. The minimum absolute atomic E-state index is 0.750. The van der Waals surface area contributed by atoms with Crippen LogP contribution >= 0.6 is 0 Å². The molecule has 1 N–H and O–H groups in total. The van der Waals surface area contributed by atoms with Gasteiger partial charge in [-0.15, -0.1) is 0 Å². The molecule has 3 aliphatic rings. The van der Waals surface area contributed by atoms with Gasteiger partial charge in [0.2, 0.25) is 0 Å². The summed E-state index contributed by atoms with van der Waals surface area (Å²) in [7, 11) is 0. The van der Waals surface area contributed by atoms with Crippen molar-refractivity contribution in [3.63, 3.8) is 0 Å². The first kappa shape index (κ1) is 12.9. The number of rotatable bonds is 5. The summed E-state index contributed by atoms with van der Waals surface area (Å²) < 4.78 is 0. The average molecular weight is 250 g/mol. The maximum absolute atomic E-state index is 3.85. The van der Waals surface area contributed by atoms with Crippen molar-refractivity contribution >= 4 is 0 Å². The topological polar surface area (TPSA) is 15.3 Å². The molecule has 18 heavy (non-hydrogen) atoms. The summed E-state index contributed by atoms with van der Waals surface area (Å²) in [5, 5.41) is 3.85. The Hall–Kier alpha value is -0.0800. The standard InChI is InChI=1S/C16H30N2/c1-13(15-5-3-2-4-6-15)17-11-14-9-10-18(12-14)16-7-8-16/h13-17H,2-12H2,1H3. The predicted molar refractivity (Wildman–Crippen MR) is 76.7 cm³/mol. The van der Waals surface area contributed by atoms with Crippen LogP contribution in [0.15, 0.2) is 0 Å². The molecule has 0 spiro atoms. The zero-order chi connectivity index (χ0) is 12.4. The Kier molecular flexibility index (Phi) is 4.25. The molecule has 1 aliphatic heterocycles. The van der Waals surface area contributed by atoms with Crippen molar-refractivity contribution in [2.45, 2.75) is 70.4 Å². The third kappa shape index (κ3) is 3.27. The molecule has 2 atom stereocenters. The number of hydrogen-bond acceptors (Lipinski definition) is 2. The molecular formula is C16H30N2. The molecule has 2 unspecified atom stereocenters. The average Bonchev–Trinajstić information content (AvgIpc) is 3.16. The second-order valence-electron chi connectivity index (χ2n) is 6.98. The number of nitrogens with zero attached hydrogens (tertiary/aromatic N) is 1. The highest BCUT2D eigenvalue weighted by atomic mass is 15.2. The third-order valence-corrected chi connectivity index (χ3v) is 5.47. The molecular weight excluding hydrogens is 220 g/mol. The summed E-state index contributed by atoms with van der Waals surface area (Å²) in [6.07, 6.45) is 11.7. The number of hydrogen-bond donors (Lipinski definition) is 1. The van der Waals surface area contributed by atoms with E-state index in [0.29, 0.717) is 0 Å². The highest BCUT2D eigenvalue weighted by Crippen LogP contribution is 2.32. The van der Waals surface area contributed by atoms with Gasteiger partial charge in [0, 0.05) is 18.6 Å². The van der Waals surface area contributed by atoms with E-state index >= 15 is 0 Å². The van der Waals surface area contributed by atoms with E-state index in [-0.39, 0.29) is 0 Å². The van der Waals surface area contributed by atoms with Gasteiger partial charge in [-0.05, 0) is 64.0 Å². The lowest BCUT2D eigenvalue weighted by molar-refractivity contribution is 0.266. The van der Waals surface area contributed by atoms with Gasteiger partial charge in [0.25, 0.3) is 0 Å². The molecule has 0 bridgehead atoms. The van der Waals surface area contributed by atoms with Gasteiger partial charge in [-0.25, -0.2) is 0 Å². The summed E-state index contributed by atoms with van der Waals surface area (Å²) in [5.74, 6) is 1.89. The molecule has 0 radical (unpaired) electrons. The van der Waals surface area contributed by atoms with Crippen LogP contribution in [0, 0.1) is 11.8 Å². The normalized spacial score (nSPS) is 32.8. The summed E-state index contributed by atoms with van der Waals surface area (Å²) in [6.45, 7) is 6.42. The Morgan fingerprint density at radius 1 is 1.06 bits per heavy atom. The molecule has 0 aromatic rings. The Labute approximate surface area is 113 Å². The zero-order valence-corrected chi connectivity index (χ0v) is 12.0.